The van der Waals surface area contributed by atoms with Crippen molar-refractivity contribution in [3.05, 3.63) is 83.4 Å². The number of hydrogen-bond acceptors (Lipinski definition) is 7. The number of ether oxygens (including phenoxy) is 4. The molecule has 8 nitrogen and oxygen atoms in total. The maximum Gasteiger partial charge on any atom is 0.309 e. The van der Waals surface area contributed by atoms with E-state index in [2.05, 4.69) is 10.2 Å². The lowest BCUT2D eigenvalue weighted by molar-refractivity contribution is -0.139. The monoisotopic (exact) mass is 490 g/mol. The summed E-state index contributed by atoms with van der Waals surface area (Å²) in [6.45, 7) is 1.47. The van der Waals surface area contributed by atoms with Crippen LogP contribution in [0.4, 0.5) is 11.4 Å². The molecule has 4 rings (SSSR count). The molecule has 188 valence electrons. The molecule has 1 amide bonds. The second-order valence-electron chi connectivity index (χ2n) is 8.60. The fourth-order valence-electron chi connectivity index (χ4n) is 4.10. The molecule has 0 radical (unpaired) electrons. The van der Waals surface area contributed by atoms with Crippen LogP contribution in [0.5, 0.6) is 11.5 Å². The van der Waals surface area contributed by atoms with Crippen LogP contribution in [0.25, 0.3) is 0 Å². The molecule has 1 aliphatic rings. The maximum atomic E-state index is 12.8. The third-order valence-corrected chi connectivity index (χ3v) is 5.80. The largest absolute Gasteiger partial charge is 0.490 e. The first-order valence-corrected chi connectivity index (χ1v) is 11.6. The Morgan fingerprint density at radius 1 is 1.03 bits per heavy atom. The summed E-state index contributed by atoms with van der Waals surface area (Å²) in [7, 11) is 4.97. The third-order valence-electron chi connectivity index (χ3n) is 5.80. The fraction of sp³-hybridized carbons (Fsp3) is 0.286. The van der Waals surface area contributed by atoms with Crippen LogP contribution in [-0.2, 0) is 27.3 Å². The van der Waals surface area contributed by atoms with Crippen molar-refractivity contribution in [2.24, 2.45) is 0 Å². The Bertz CT molecular complexity index is 1210. The molecule has 0 saturated carbocycles. The molecule has 0 aromatic heterocycles. The van der Waals surface area contributed by atoms with Crippen LogP contribution in [0.2, 0.25) is 0 Å². The number of rotatable bonds is 9. The Kier molecular flexibility index (Phi) is 8.07. The van der Waals surface area contributed by atoms with Crippen LogP contribution < -0.4 is 19.7 Å². The van der Waals surface area contributed by atoms with Crippen LogP contribution in [0.15, 0.2) is 66.7 Å². The molecule has 0 aliphatic carbocycles. The van der Waals surface area contributed by atoms with Crippen molar-refractivity contribution in [3.8, 4) is 11.5 Å². The number of likely N-dealkylation sites (N-methyl/N-ethyl adjacent to an activating group) is 1. The zero-order valence-corrected chi connectivity index (χ0v) is 20.7. The van der Waals surface area contributed by atoms with Crippen molar-refractivity contribution in [1.29, 1.82) is 0 Å². The van der Waals surface area contributed by atoms with Gasteiger partial charge in [-0.3, -0.25) is 9.59 Å². The van der Waals surface area contributed by atoms with E-state index in [9.17, 15) is 9.59 Å². The van der Waals surface area contributed by atoms with Gasteiger partial charge in [0.25, 0.3) is 5.91 Å². The Morgan fingerprint density at radius 3 is 2.53 bits per heavy atom. The highest BCUT2D eigenvalue weighted by Gasteiger charge is 2.23. The van der Waals surface area contributed by atoms with E-state index in [0.717, 1.165) is 29.1 Å². The van der Waals surface area contributed by atoms with Gasteiger partial charge in [-0.15, -0.1) is 0 Å². The van der Waals surface area contributed by atoms with Gasteiger partial charge in [-0.2, -0.15) is 0 Å². The first-order chi connectivity index (χ1) is 17.4. The van der Waals surface area contributed by atoms with Gasteiger partial charge in [0.05, 0.1) is 32.4 Å². The lowest BCUT2D eigenvalue weighted by Gasteiger charge is -2.33. The third kappa shape index (κ3) is 6.34. The highest BCUT2D eigenvalue weighted by Crippen LogP contribution is 2.32. The Balaban J connectivity index is 1.36. The molecule has 0 fully saturated rings. The zero-order valence-electron chi connectivity index (χ0n) is 20.7. The van der Waals surface area contributed by atoms with Gasteiger partial charge in [0.2, 0.25) is 0 Å². The molecule has 8 heteroatoms. The zero-order chi connectivity index (χ0) is 25.5. The molecule has 1 N–H and O–H groups in total. The van der Waals surface area contributed by atoms with Crippen molar-refractivity contribution in [3.63, 3.8) is 0 Å². The number of benzene rings is 3. The highest BCUT2D eigenvalue weighted by molar-refractivity contribution is 6.04. The summed E-state index contributed by atoms with van der Waals surface area (Å²) < 4.78 is 21.9. The summed E-state index contributed by atoms with van der Waals surface area (Å²) in [5.74, 6) is 0.871. The average Bonchev–Trinajstić information content (AvgIpc) is 2.88. The van der Waals surface area contributed by atoms with E-state index < -0.39 is 0 Å². The molecule has 3 aromatic carbocycles. The summed E-state index contributed by atoms with van der Waals surface area (Å²) in [5.41, 5.74) is 3.70. The number of hydrogen-bond donors (Lipinski definition) is 1. The number of amides is 1. The van der Waals surface area contributed by atoms with Gasteiger partial charge in [-0.1, -0.05) is 18.2 Å². The minimum absolute atomic E-state index is 0.105. The number of fused-ring (bicyclic) bond motifs is 1. The van der Waals surface area contributed by atoms with Crippen molar-refractivity contribution in [1.82, 2.24) is 0 Å². The molecular formula is C28H30N2O6. The number of methoxy groups -OCH3 is 2. The van der Waals surface area contributed by atoms with E-state index in [1.807, 2.05) is 43.4 Å². The van der Waals surface area contributed by atoms with Gasteiger partial charge in [0.15, 0.2) is 0 Å². The van der Waals surface area contributed by atoms with Crippen LogP contribution in [0.3, 0.4) is 0 Å². The lowest BCUT2D eigenvalue weighted by Crippen LogP contribution is -2.41. The Hall–Kier alpha value is -4.04. The van der Waals surface area contributed by atoms with Crippen LogP contribution in [0, 0.1) is 0 Å². The molecule has 36 heavy (non-hydrogen) atoms. The van der Waals surface area contributed by atoms with Crippen molar-refractivity contribution in [2.75, 3.05) is 44.6 Å². The molecule has 0 bridgehead atoms. The summed E-state index contributed by atoms with van der Waals surface area (Å²) in [6.07, 6.45) is 0.00105. The molecule has 1 atom stereocenters. The lowest BCUT2D eigenvalue weighted by atomic mass is 10.1. The fourth-order valence-corrected chi connectivity index (χ4v) is 4.10. The Labute approximate surface area is 210 Å². The number of nitrogens with zero attached hydrogens (tertiary/aromatic N) is 1. The number of carbonyl (C=O) groups is 2. The predicted molar refractivity (Wildman–Crippen MR) is 137 cm³/mol. The summed E-state index contributed by atoms with van der Waals surface area (Å²) >= 11 is 0. The van der Waals surface area contributed by atoms with Crippen LogP contribution >= 0.6 is 0 Å². The molecule has 0 spiro atoms. The number of carbonyl (C=O) groups excluding carboxylic acids is 2. The van der Waals surface area contributed by atoms with Gasteiger partial charge < -0.3 is 29.2 Å². The van der Waals surface area contributed by atoms with E-state index in [0.29, 0.717) is 30.2 Å². The molecule has 0 unspecified atom stereocenters. The molecule has 1 aliphatic heterocycles. The van der Waals surface area contributed by atoms with Crippen molar-refractivity contribution >= 4 is 23.3 Å². The number of esters is 1. The molecular weight excluding hydrogens is 460 g/mol. The van der Waals surface area contributed by atoms with Gasteiger partial charge >= 0.3 is 5.97 Å². The van der Waals surface area contributed by atoms with E-state index in [4.69, 9.17) is 18.9 Å². The van der Waals surface area contributed by atoms with Crippen LogP contribution in [-0.4, -0.2) is 52.4 Å². The first-order valence-electron chi connectivity index (χ1n) is 11.6. The summed E-state index contributed by atoms with van der Waals surface area (Å²) in [4.78, 5) is 26.7. The minimum atomic E-state index is -0.355. The number of nitrogens with one attached hydrogen (secondary N) is 1. The minimum Gasteiger partial charge on any atom is -0.490 e. The average molecular weight is 491 g/mol. The SMILES string of the molecule is COCc1cc(CC(=O)OC)cc(NC(=O)c2ccc(OC[C@@H]3CN(C)c4ccccc4O3)cc2)c1. The summed E-state index contributed by atoms with van der Waals surface area (Å²) in [6, 6.07) is 20.3. The second-order valence-corrected chi connectivity index (χ2v) is 8.60. The van der Waals surface area contributed by atoms with Gasteiger partial charge in [-0.05, 0) is 59.7 Å². The topological polar surface area (TPSA) is 86.3 Å². The normalized spacial score (nSPS) is 14.4. The van der Waals surface area contributed by atoms with E-state index in [-0.39, 0.29) is 24.4 Å². The maximum absolute atomic E-state index is 12.8. The van der Waals surface area contributed by atoms with Gasteiger partial charge in [0.1, 0.15) is 24.2 Å². The van der Waals surface area contributed by atoms with E-state index in [1.165, 1.54) is 7.11 Å². The van der Waals surface area contributed by atoms with E-state index >= 15 is 0 Å². The Morgan fingerprint density at radius 2 is 1.78 bits per heavy atom. The number of para-hydroxylation sites is 2. The predicted octanol–water partition coefficient (Wildman–Crippen LogP) is 4.08. The number of anilines is 2. The molecule has 0 saturated heterocycles. The molecule has 3 aromatic rings. The molecule has 1 heterocycles. The highest BCUT2D eigenvalue weighted by atomic mass is 16.5. The van der Waals surface area contributed by atoms with Gasteiger partial charge in [0, 0.05) is 25.4 Å². The van der Waals surface area contributed by atoms with Crippen molar-refractivity contribution in [2.45, 2.75) is 19.1 Å². The first kappa shape index (κ1) is 25.1. The van der Waals surface area contributed by atoms with Crippen LogP contribution in [0.1, 0.15) is 21.5 Å². The standard InChI is InChI=1S/C28H30N2O6/c1-30-16-24(36-26-7-5-4-6-25(26)30)18-35-23-10-8-21(9-11-23)28(32)29-22-13-19(15-27(31)34-3)12-20(14-22)17-33-2/h4-14,24H,15-18H2,1-3H3,(H,29,32)/t24-/m0/s1. The van der Waals surface area contributed by atoms with E-state index in [1.54, 1.807) is 37.4 Å². The summed E-state index contributed by atoms with van der Waals surface area (Å²) in [5, 5.41) is 2.89. The smallest absolute Gasteiger partial charge is 0.309 e. The van der Waals surface area contributed by atoms with Crippen molar-refractivity contribution < 1.29 is 28.5 Å². The second kappa shape index (κ2) is 11.6. The quantitative estimate of drug-likeness (QED) is 0.453. The van der Waals surface area contributed by atoms with Gasteiger partial charge in [-0.25, -0.2) is 0 Å².